The average Bonchev–Trinajstić information content (AvgIpc) is 4.33. The quantitative estimate of drug-likeness (QED) is 0.155. The van der Waals surface area contributed by atoms with E-state index in [0.29, 0.717) is 0 Å². The number of rotatable bonds is 6. The molecule has 0 spiro atoms. The second-order valence-corrected chi connectivity index (χ2v) is 24.7. The first-order valence-corrected chi connectivity index (χ1v) is 27.9. The van der Waals surface area contributed by atoms with Crippen LogP contribution < -0.4 is 5.46 Å². The molecule has 0 radical (unpaired) electrons. The topological polar surface area (TPSA) is 65.2 Å². The molecule has 8 nitrogen and oxygen atoms in total. The number of hydrogen-bond donors (Lipinski definition) is 0. The highest BCUT2D eigenvalue weighted by molar-refractivity contribution is 9.10. The van der Waals surface area contributed by atoms with E-state index in [9.17, 15) is 0 Å². The molecule has 3 aliphatic heterocycles. The van der Waals surface area contributed by atoms with E-state index in [2.05, 4.69) is 247 Å². The van der Waals surface area contributed by atoms with E-state index in [-0.39, 0.29) is 40.7 Å². The Kier molecular flexibility index (Phi) is 13.9. The fourth-order valence-electron chi connectivity index (χ4n) is 10.5. The van der Waals surface area contributed by atoms with Gasteiger partial charge >= 0.3 is 21.1 Å². The zero-order valence-corrected chi connectivity index (χ0v) is 48.5. The zero-order chi connectivity index (χ0) is 55.0. The van der Waals surface area contributed by atoms with Gasteiger partial charge in [-0.05, 0) is 184 Å². The number of nitrogens with zero attached hydrogens (tertiary/aromatic N) is 2. The van der Waals surface area contributed by atoms with Gasteiger partial charge in [0.25, 0.3) is 0 Å². The van der Waals surface area contributed by atoms with Gasteiger partial charge in [0.2, 0.25) is 0 Å². The summed E-state index contributed by atoms with van der Waals surface area (Å²) in [4.78, 5) is 0. The van der Waals surface area contributed by atoms with Crippen LogP contribution >= 0.6 is 15.9 Å². The third kappa shape index (κ3) is 9.89. The van der Waals surface area contributed by atoms with Crippen molar-refractivity contribution in [3.8, 4) is 33.6 Å². The molecule has 10 aromatic rings. The molecule has 3 fully saturated rings. The fraction of sp³-hybridized carbons (Fsp3) is 0.273. The summed E-state index contributed by atoms with van der Waals surface area (Å²) < 4.78 is 42.2. The summed E-state index contributed by atoms with van der Waals surface area (Å²) >= 11 is 3.58. The molecule has 78 heavy (non-hydrogen) atoms. The van der Waals surface area contributed by atoms with E-state index >= 15 is 0 Å². The smallest absolute Gasteiger partial charge is 0.405 e. The highest BCUT2D eigenvalue weighted by Crippen LogP contribution is 2.44. The van der Waals surface area contributed by atoms with Crippen LogP contribution in [0.15, 0.2) is 199 Å². The summed E-state index contributed by atoms with van der Waals surface area (Å²) in [5.74, 6) is 0. The molecule has 8 aromatic carbocycles. The van der Waals surface area contributed by atoms with E-state index in [0.717, 1.165) is 15.5 Å². The Hall–Kier alpha value is -6.21. The summed E-state index contributed by atoms with van der Waals surface area (Å²) in [5.41, 5.74) is 10.9. The third-order valence-corrected chi connectivity index (χ3v) is 17.5. The van der Waals surface area contributed by atoms with Crippen LogP contribution in [0.2, 0.25) is 0 Å². The van der Waals surface area contributed by atoms with Gasteiger partial charge in [0.05, 0.1) is 55.7 Å². The Bertz CT molecular complexity index is 3750. The normalized spacial score (nSPS) is 18.6. The lowest BCUT2D eigenvalue weighted by atomic mass is 9.49. The van der Waals surface area contributed by atoms with Crippen LogP contribution in [0.5, 0.6) is 0 Å². The van der Waals surface area contributed by atoms with Crippen LogP contribution in [0.4, 0.5) is 0 Å². The number of halogens is 1. The van der Waals surface area contributed by atoms with Gasteiger partial charge in [-0.15, -0.1) is 0 Å². The molecule has 5 heterocycles. The van der Waals surface area contributed by atoms with Gasteiger partial charge in [-0.2, -0.15) is 0 Å². The molecule has 0 N–H and O–H groups in total. The molecule has 0 amide bonds. The number of para-hydroxylation sites is 4. The number of hydrogen-bond acceptors (Lipinski definition) is 6. The molecule has 13 rings (SSSR count). The minimum absolute atomic E-state index is 0.355. The van der Waals surface area contributed by atoms with Crippen molar-refractivity contribution in [3.05, 3.63) is 199 Å². The molecular formula is C66H68B3BrN2O6. The van der Waals surface area contributed by atoms with Crippen molar-refractivity contribution in [3.63, 3.8) is 0 Å². The highest BCUT2D eigenvalue weighted by Gasteiger charge is 2.63. The first-order chi connectivity index (χ1) is 37.0. The largest absolute Gasteiger partial charge is 0.494 e. The molecule has 12 heteroatoms. The van der Waals surface area contributed by atoms with Crippen LogP contribution in [0, 0.1) is 0 Å². The van der Waals surface area contributed by atoms with Crippen LogP contribution in [-0.4, -0.2) is 63.9 Å². The Balaban J connectivity index is 0.000000131. The standard InChI is InChI=1S/C30H28BNO2.C24H16BrN.C12H24B2O4/c1-29(2)30(3,4)34-31(33-29)23-12-10-11-21(19-23)22-17-18-28-26(20-22)25-15-8-9-16-27(25)32(28)24-13-6-5-7-14-24;25-19-8-6-7-17(15-19)18-13-14-24-22(16-18)21-11-4-5-12-23(21)26(24)20-9-2-1-3-10-20;1-9(2)10(3,4)16-13(15-9)14-17-11(5,6)12(7,8)18-14/h5-20H,1-4H3;1-16H;1-8H3. The molecule has 2 aromatic heterocycles. The highest BCUT2D eigenvalue weighted by atomic mass is 79.9. The van der Waals surface area contributed by atoms with Gasteiger partial charge in [-0.25, -0.2) is 0 Å². The van der Waals surface area contributed by atoms with Gasteiger partial charge in [0, 0.05) is 37.4 Å². The lowest BCUT2D eigenvalue weighted by Gasteiger charge is -2.32. The molecule has 0 saturated carbocycles. The Morgan fingerprint density at radius 1 is 0.308 bits per heavy atom. The van der Waals surface area contributed by atoms with Crippen LogP contribution in [0.1, 0.15) is 83.1 Å². The van der Waals surface area contributed by atoms with Crippen molar-refractivity contribution < 1.29 is 27.9 Å². The van der Waals surface area contributed by atoms with Gasteiger partial charge in [0.1, 0.15) is 0 Å². The van der Waals surface area contributed by atoms with Crippen molar-refractivity contribution >= 4 is 86.1 Å². The Morgan fingerprint density at radius 2 is 0.654 bits per heavy atom. The van der Waals surface area contributed by atoms with Gasteiger partial charge in [-0.1, -0.05) is 137 Å². The van der Waals surface area contributed by atoms with Gasteiger partial charge in [-0.3, -0.25) is 0 Å². The lowest BCUT2D eigenvalue weighted by molar-refractivity contribution is 0.00578. The number of aromatic nitrogens is 2. The molecule has 0 aliphatic carbocycles. The maximum Gasteiger partial charge on any atom is 0.494 e. The summed E-state index contributed by atoms with van der Waals surface area (Å²) in [6.45, 7) is 24.6. The van der Waals surface area contributed by atoms with Crippen molar-refractivity contribution in [2.45, 2.75) is 117 Å². The molecule has 0 bridgehead atoms. The first kappa shape index (κ1) is 53.8. The summed E-state index contributed by atoms with van der Waals surface area (Å²) in [6, 6.07) is 68.9. The molecule has 3 saturated heterocycles. The second-order valence-electron chi connectivity index (χ2n) is 23.8. The monoisotopic (exact) mass is 1100 g/mol. The second kappa shape index (κ2) is 20.2. The summed E-state index contributed by atoms with van der Waals surface area (Å²) in [7, 11) is -1.32. The average molecular weight is 1100 g/mol. The van der Waals surface area contributed by atoms with Crippen molar-refractivity contribution in [2.75, 3.05) is 0 Å². The van der Waals surface area contributed by atoms with Crippen LogP contribution in [0.25, 0.3) is 77.2 Å². The predicted octanol–water partition coefficient (Wildman–Crippen LogP) is 16.2. The molecular weight excluding hydrogens is 1030 g/mol. The molecule has 0 unspecified atom stereocenters. The van der Waals surface area contributed by atoms with E-state index in [1.807, 2.05) is 55.4 Å². The molecule has 0 atom stereocenters. The summed E-state index contributed by atoms with van der Waals surface area (Å²) in [5, 5.41) is 5.06. The molecule has 3 aliphatic rings. The van der Waals surface area contributed by atoms with Crippen molar-refractivity contribution in [1.29, 1.82) is 0 Å². The fourth-order valence-corrected chi connectivity index (χ4v) is 10.9. The maximum absolute atomic E-state index is 6.30. The van der Waals surface area contributed by atoms with Gasteiger partial charge in [0.15, 0.2) is 0 Å². The predicted molar refractivity (Wildman–Crippen MR) is 328 cm³/mol. The van der Waals surface area contributed by atoms with E-state index < -0.39 is 14.0 Å². The Morgan fingerprint density at radius 3 is 1.08 bits per heavy atom. The van der Waals surface area contributed by atoms with E-state index in [1.165, 1.54) is 71.7 Å². The van der Waals surface area contributed by atoms with Crippen molar-refractivity contribution in [2.24, 2.45) is 0 Å². The minimum Gasteiger partial charge on any atom is -0.405 e. The maximum atomic E-state index is 6.30. The zero-order valence-electron chi connectivity index (χ0n) is 46.9. The minimum atomic E-state index is -0.476. The van der Waals surface area contributed by atoms with Gasteiger partial charge < -0.3 is 37.1 Å². The van der Waals surface area contributed by atoms with E-state index in [1.54, 1.807) is 0 Å². The lowest BCUT2D eigenvalue weighted by Crippen LogP contribution is -2.41. The third-order valence-electron chi connectivity index (χ3n) is 17.0. The number of fused-ring (bicyclic) bond motifs is 6. The van der Waals surface area contributed by atoms with Crippen LogP contribution in [-0.2, 0) is 27.9 Å². The first-order valence-electron chi connectivity index (χ1n) is 27.1. The van der Waals surface area contributed by atoms with Crippen LogP contribution in [0.3, 0.4) is 0 Å². The summed E-state index contributed by atoms with van der Waals surface area (Å²) in [6.07, 6.45) is 0. The Labute approximate surface area is 469 Å². The molecule has 394 valence electrons. The number of benzene rings is 8. The SMILES string of the molecule is Brc1cccc(-c2ccc3c(c2)c2ccccc2n3-c2ccccc2)c1.CC1(C)OB(B2OC(C)(C)C(C)(C)O2)OC1(C)C.CC1(C)OB(c2cccc(-c3ccc4c(c3)c3ccccc3n4-c3ccccc3)c2)OC1(C)C. The van der Waals surface area contributed by atoms with E-state index in [4.69, 9.17) is 27.9 Å². The van der Waals surface area contributed by atoms with Crippen molar-refractivity contribution in [1.82, 2.24) is 9.13 Å².